The maximum Gasteiger partial charge on any atom is 0.507 e. The Morgan fingerprint density at radius 2 is 2.00 bits per heavy atom. The number of nitrogens with two attached hydrogens (primary N) is 1. The predicted molar refractivity (Wildman–Crippen MR) is 117 cm³/mol. The van der Waals surface area contributed by atoms with E-state index in [0.717, 1.165) is 6.42 Å². The second kappa shape index (κ2) is 9.27. The lowest BCUT2D eigenvalue weighted by Gasteiger charge is -2.33. The van der Waals surface area contributed by atoms with Gasteiger partial charge in [0, 0.05) is 24.6 Å². The van der Waals surface area contributed by atoms with Gasteiger partial charge in [-0.15, -0.1) is 0 Å². The van der Waals surface area contributed by atoms with E-state index in [2.05, 4.69) is 5.32 Å². The smallest absolute Gasteiger partial charge is 0.450 e. The molecule has 0 bridgehead atoms. The Bertz CT molecular complexity index is 877. The van der Waals surface area contributed by atoms with Crippen LogP contribution >= 0.6 is 11.8 Å². The fourth-order valence-corrected chi connectivity index (χ4v) is 5.01. The van der Waals surface area contributed by atoms with Gasteiger partial charge in [-0.05, 0) is 24.0 Å². The molecule has 2 aliphatic heterocycles. The molecule has 4 atom stereocenters. The third-order valence-electron chi connectivity index (χ3n) is 5.97. The first-order valence-electron chi connectivity index (χ1n) is 10.2. The summed E-state index contributed by atoms with van der Waals surface area (Å²) < 4.78 is 5.34. The van der Waals surface area contributed by atoms with Gasteiger partial charge in [0.05, 0.1) is 5.92 Å². The zero-order chi connectivity index (χ0) is 22.8. The Kier molecular flexibility index (Phi) is 6.90. The number of benzene rings is 1. The summed E-state index contributed by atoms with van der Waals surface area (Å²) in [5.41, 5.74) is 5.29. The highest BCUT2D eigenvalue weighted by Crippen LogP contribution is 2.50. The van der Waals surface area contributed by atoms with Crippen molar-refractivity contribution in [3.05, 3.63) is 35.4 Å². The van der Waals surface area contributed by atoms with Gasteiger partial charge in [0.2, 0.25) is 11.8 Å². The normalized spacial score (nSPS) is 27.4. The third kappa shape index (κ3) is 4.27. The Morgan fingerprint density at radius 3 is 2.55 bits per heavy atom. The van der Waals surface area contributed by atoms with E-state index in [4.69, 9.17) is 15.9 Å². The molecule has 0 saturated carbocycles. The number of rotatable bonds is 9. The number of amidine groups is 1. The van der Waals surface area contributed by atoms with Crippen LogP contribution in [0.25, 0.3) is 0 Å². The number of carbonyl (C=O) groups is 3. The molecule has 10 heteroatoms. The number of fused-ring (bicyclic) bond motifs is 1. The number of nitrogens with zero attached hydrogens (tertiary/aromatic N) is 1. The number of hydrogen-bond donors (Lipinski definition) is 4. The molecule has 0 spiro atoms. The van der Waals surface area contributed by atoms with Crippen molar-refractivity contribution < 1.29 is 24.2 Å². The largest absolute Gasteiger partial charge is 0.507 e. The molecule has 2 fully saturated rings. The van der Waals surface area contributed by atoms with Gasteiger partial charge in [-0.2, -0.15) is 11.8 Å². The number of likely N-dealkylation sites (tertiary alicyclic amines) is 1. The van der Waals surface area contributed by atoms with Crippen LogP contribution in [-0.4, -0.2) is 58.1 Å². The number of nitrogen functional groups attached to an aromatic ring is 1. The minimum Gasteiger partial charge on any atom is -0.450 e. The first-order valence-corrected chi connectivity index (χ1v) is 11.6. The number of carboxylic acid groups (broad SMARTS) is 1. The number of nitrogens with one attached hydrogen (secondary N) is 2. The fraction of sp³-hybridized carbons (Fsp3) is 0.524. The van der Waals surface area contributed by atoms with Crippen LogP contribution in [0.4, 0.5) is 4.79 Å². The second-order valence-corrected chi connectivity index (χ2v) is 8.83. The van der Waals surface area contributed by atoms with Gasteiger partial charge in [0.15, 0.2) is 5.72 Å². The highest BCUT2D eigenvalue weighted by Gasteiger charge is 2.67. The molecule has 2 saturated heterocycles. The van der Waals surface area contributed by atoms with Gasteiger partial charge in [-0.1, -0.05) is 37.6 Å². The highest BCUT2D eigenvalue weighted by molar-refractivity contribution is 7.98. The topological polar surface area (TPSA) is 146 Å². The number of carbonyl (C=O) groups excluding carboxylic acids is 2. The maximum absolute atomic E-state index is 13.3. The van der Waals surface area contributed by atoms with Crippen LogP contribution in [0.5, 0.6) is 0 Å². The van der Waals surface area contributed by atoms with Gasteiger partial charge >= 0.3 is 6.16 Å². The molecule has 0 radical (unpaired) electrons. The second-order valence-electron chi connectivity index (χ2n) is 7.84. The lowest BCUT2D eigenvalue weighted by molar-refractivity contribution is -0.145. The highest BCUT2D eigenvalue weighted by atomic mass is 32.2. The van der Waals surface area contributed by atoms with Crippen LogP contribution in [-0.2, 0) is 14.3 Å². The predicted octanol–water partition coefficient (Wildman–Crippen LogP) is 2.16. The van der Waals surface area contributed by atoms with E-state index in [1.54, 1.807) is 24.3 Å². The first kappa shape index (κ1) is 23.1. The van der Waals surface area contributed by atoms with E-state index in [0.29, 0.717) is 29.8 Å². The van der Waals surface area contributed by atoms with Gasteiger partial charge < -0.3 is 15.6 Å². The fourth-order valence-electron chi connectivity index (χ4n) is 4.50. The van der Waals surface area contributed by atoms with Crippen LogP contribution < -0.4 is 11.1 Å². The van der Waals surface area contributed by atoms with Gasteiger partial charge in [0.1, 0.15) is 11.8 Å². The van der Waals surface area contributed by atoms with Crippen molar-refractivity contribution in [1.29, 1.82) is 5.41 Å². The quantitative estimate of drug-likeness (QED) is 0.195. The molecule has 5 N–H and O–H groups in total. The van der Waals surface area contributed by atoms with Gasteiger partial charge in [0.25, 0.3) is 0 Å². The molecule has 31 heavy (non-hydrogen) atoms. The average Bonchev–Trinajstić information content (AvgIpc) is 3.19. The minimum atomic E-state index is -1.49. The van der Waals surface area contributed by atoms with E-state index in [9.17, 15) is 19.5 Å². The molecular weight excluding hydrogens is 420 g/mol. The molecule has 2 amide bonds. The molecule has 9 nitrogen and oxygen atoms in total. The summed E-state index contributed by atoms with van der Waals surface area (Å²) >= 11 is 1.51. The van der Waals surface area contributed by atoms with Crippen molar-refractivity contribution in [2.24, 2.45) is 17.6 Å². The van der Waals surface area contributed by atoms with E-state index >= 15 is 0 Å². The molecule has 2 aliphatic rings. The average molecular weight is 449 g/mol. The lowest BCUT2D eigenvalue weighted by atomic mass is 9.84. The third-order valence-corrected chi connectivity index (χ3v) is 6.58. The van der Waals surface area contributed by atoms with Crippen LogP contribution in [0.3, 0.4) is 0 Å². The zero-order valence-electron chi connectivity index (χ0n) is 17.6. The van der Waals surface area contributed by atoms with Crippen molar-refractivity contribution >= 4 is 35.6 Å². The van der Waals surface area contributed by atoms with Crippen molar-refractivity contribution in [2.75, 3.05) is 18.6 Å². The Balaban J connectivity index is 2.05. The SMILES string of the molecule is CCCCN1C(=O)C2C(c3ccc(C(=N)N)cc3)NC(CCSC)(OC(=O)O)C2C1=O. The van der Waals surface area contributed by atoms with E-state index in [1.807, 2.05) is 13.2 Å². The van der Waals surface area contributed by atoms with Crippen LogP contribution in [0.15, 0.2) is 24.3 Å². The molecule has 0 aromatic heterocycles. The molecule has 0 aliphatic carbocycles. The van der Waals surface area contributed by atoms with Crippen molar-refractivity contribution in [1.82, 2.24) is 10.2 Å². The van der Waals surface area contributed by atoms with Crippen LogP contribution in [0.2, 0.25) is 0 Å². The van der Waals surface area contributed by atoms with E-state index < -0.39 is 29.8 Å². The van der Waals surface area contributed by atoms with E-state index in [-0.39, 0.29) is 24.1 Å². The van der Waals surface area contributed by atoms with Gasteiger partial charge in [-0.3, -0.25) is 25.2 Å². The Labute approximate surface area is 185 Å². The number of amides is 2. The number of ether oxygens (including phenoxy) is 1. The number of unbranched alkanes of at least 4 members (excludes halogenated alkanes) is 1. The molecule has 168 valence electrons. The zero-order valence-corrected chi connectivity index (χ0v) is 18.4. The lowest BCUT2D eigenvalue weighted by Crippen LogP contribution is -2.53. The van der Waals surface area contributed by atoms with Crippen molar-refractivity contribution in [2.45, 2.75) is 38.0 Å². The summed E-state index contributed by atoms with van der Waals surface area (Å²) in [7, 11) is 0. The summed E-state index contributed by atoms with van der Waals surface area (Å²) in [4.78, 5) is 39.5. The maximum atomic E-state index is 13.3. The Morgan fingerprint density at radius 1 is 1.32 bits per heavy atom. The van der Waals surface area contributed by atoms with Crippen LogP contribution in [0.1, 0.15) is 43.4 Å². The number of thioether (sulfide) groups is 1. The van der Waals surface area contributed by atoms with E-state index in [1.165, 1.54) is 16.7 Å². The summed E-state index contributed by atoms with van der Waals surface area (Å²) in [6.07, 6.45) is 2.15. The molecular formula is C21H28N4O5S. The molecule has 1 aromatic rings. The molecule has 1 aromatic carbocycles. The monoisotopic (exact) mass is 448 g/mol. The number of imide groups is 1. The summed E-state index contributed by atoms with van der Waals surface area (Å²) in [5.74, 6) is -1.93. The summed E-state index contributed by atoms with van der Waals surface area (Å²) in [6, 6.07) is 6.22. The van der Waals surface area contributed by atoms with Crippen molar-refractivity contribution in [3.63, 3.8) is 0 Å². The summed E-state index contributed by atoms with van der Waals surface area (Å²) in [5, 5.41) is 20.2. The van der Waals surface area contributed by atoms with Crippen molar-refractivity contribution in [3.8, 4) is 0 Å². The van der Waals surface area contributed by atoms with Crippen LogP contribution in [0, 0.1) is 17.2 Å². The summed E-state index contributed by atoms with van der Waals surface area (Å²) in [6.45, 7) is 2.28. The molecule has 4 unspecified atom stereocenters. The minimum absolute atomic E-state index is 0.0785. The molecule has 3 rings (SSSR count). The standard InChI is InChI=1S/C21H28N4O5S/c1-3-4-10-25-18(26)14-15(19(25)27)21(9-11-31-2,30-20(28)29)24-16(14)12-5-7-13(8-6-12)17(22)23/h5-8,14-16,24H,3-4,9-11H2,1-2H3,(H3,22,23)(H,28,29). The molecule has 2 heterocycles. The Hall–Kier alpha value is -2.59. The number of hydrogen-bond acceptors (Lipinski definition) is 7. The first-order chi connectivity index (χ1) is 14.8. The van der Waals surface area contributed by atoms with Gasteiger partial charge in [-0.25, -0.2) is 4.79 Å².